The molecule has 0 atom stereocenters. The van der Waals surface area contributed by atoms with E-state index in [2.05, 4.69) is 19.2 Å². The molecule has 0 radical (unpaired) electrons. The molecule has 1 aliphatic rings. The Kier molecular flexibility index (Phi) is 6.09. The van der Waals surface area contributed by atoms with Gasteiger partial charge in [-0.2, -0.15) is 0 Å². The number of hydrogen-bond acceptors (Lipinski definition) is 3. The Hall–Kier alpha value is -0.610. The third-order valence-electron chi connectivity index (χ3n) is 3.90. The second-order valence-corrected chi connectivity index (χ2v) is 6.32. The van der Waals surface area contributed by atoms with Gasteiger partial charge in [-0.15, -0.1) is 0 Å². The van der Waals surface area contributed by atoms with Crippen molar-refractivity contribution in [1.82, 2.24) is 5.32 Å². The quantitative estimate of drug-likeness (QED) is 0.673. The van der Waals surface area contributed by atoms with Crippen LogP contribution in [0.4, 0.5) is 0 Å². The molecule has 0 heterocycles. The molecular formula is C14H28N2O2. The topological polar surface area (TPSA) is 75.3 Å². The predicted octanol–water partition coefficient (Wildman–Crippen LogP) is 1.42. The average Bonchev–Trinajstić information content (AvgIpc) is 2.35. The number of carbonyl (C=O) groups is 1. The molecular weight excluding hydrogens is 228 g/mol. The summed E-state index contributed by atoms with van der Waals surface area (Å²) in [6, 6.07) is 0.287. The highest BCUT2D eigenvalue weighted by Gasteiger charge is 2.26. The lowest BCUT2D eigenvalue weighted by atomic mass is 9.84. The van der Waals surface area contributed by atoms with E-state index in [0.29, 0.717) is 6.54 Å². The molecule has 4 nitrogen and oxygen atoms in total. The van der Waals surface area contributed by atoms with Gasteiger partial charge in [0.2, 0.25) is 5.91 Å². The fraction of sp³-hybridized carbons (Fsp3) is 0.929. The molecule has 0 spiro atoms. The van der Waals surface area contributed by atoms with E-state index in [1.807, 2.05) is 0 Å². The van der Waals surface area contributed by atoms with E-state index in [1.54, 1.807) is 0 Å². The number of hydrogen-bond donors (Lipinski definition) is 3. The zero-order valence-corrected chi connectivity index (χ0v) is 11.7. The van der Waals surface area contributed by atoms with Crippen LogP contribution in [0, 0.1) is 11.3 Å². The Labute approximate surface area is 110 Å². The molecule has 0 bridgehead atoms. The van der Waals surface area contributed by atoms with Gasteiger partial charge in [0, 0.05) is 25.1 Å². The number of aliphatic hydroxyl groups excluding tert-OH is 1. The molecule has 1 rings (SSSR count). The number of nitrogens with two attached hydrogens (primary N) is 1. The minimum absolute atomic E-state index is 0.0590. The van der Waals surface area contributed by atoms with Crippen LogP contribution in [0.15, 0.2) is 0 Å². The smallest absolute Gasteiger partial charge is 0.223 e. The van der Waals surface area contributed by atoms with Crippen LogP contribution in [0.3, 0.4) is 0 Å². The van der Waals surface area contributed by atoms with Crippen LogP contribution in [-0.2, 0) is 4.79 Å². The van der Waals surface area contributed by atoms with Crippen molar-refractivity contribution in [3.8, 4) is 0 Å². The van der Waals surface area contributed by atoms with E-state index >= 15 is 0 Å². The van der Waals surface area contributed by atoms with Gasteiger partial charge in [-0.05, 0) is 43.9 Å². The molecule has 0 saturated heterocycles. The number of rotatable bonds is 6. The van der Waals surface area contributed by atoms with Gasteiger partial charge >= 0.3 is 0 Å². The standard InChI is InChI=1S/C14H28N2O2/c1-14(2,8-3-9-17)10-16-13(18)11-4-6-12(15)7-5-11/h11-12,17H,3-10,15H2,1-2H3,(H,16,18). The summed E-state index contributed by atoms with van der Waals surface area (Å²) in [6.45, 7) is 5.16. The highest BCUT2D eigenvalue weighted by molar-refractivity contribution is 5.78. The van der Waals surface area contributed by atoms with Crippen LogP contribution in [0.5, 0.6) is 0 Å². The lowest BCUT2D eigenvalue weighted by molar-refractivity contribution is -0.126. The molecule has 4 N–H and O–H groups in total. The van der Waals surface area contributed by atoms with E-state index < -0.39 is 0 Å². The van der Waals surface area contributed by atoms with Crippen molar-refractivity contribution < 1.29 is 9.90 Å². The van der Waals surface area contributed by atoms with E-state index in [1.165, 1.54) is 0 Å². The van der Waals surface area contributed by atoms with E-state index in [0.717, 1.165) is 38.5 Å². The summed E-state index contributed by atoms with van der Waals surface area (Å²) in [4.78, 5) is 12.0. The van der Waals surface area contributed by atoms with Gasteiger partial charge in [0.1, 0.15) is 0 Å². The van der Waals surface area contributed by atoms with Crippen LogP contribution in [0.25, 0.3) is 0 Å². The Balaban J connectivity index is 2.27. The van der Waals surface area contributed by atoms with Crippen molar-refractivity contribution in [2.24, 2.45) is 17.1 Å². The van der Waals surface area contributed by atoms with E-state index in [-0.39, 0.29) is 29.9 Å². The molecule has 1 fully saturated rings. The minimum atomic E-state index is 0.0590. The molecule has 1 saturated carbocycles. The molecule has 106 valence electrons. The Morgan fingerprint density at radius 1 is 1.33 bits per heavy atom. The first-order valence-electron chi connectivity index (χ1n) is 7.09. The SMILES string of the molecule is CC(C)(CCCO)CNC(=O)C1CCC(N)CC1. The molecule has 0 aliphatic heterocycles. The van der Waals surface area contributed by atoms with Crippen molar-refractivity contribution in [1.29, 1.82) is 0 Å². The van der Waals surface area contributed by atoms with Crippen molar-refractivity contribution in [2.45, 2.75) is 58.4 Å². The molecule has 0 aromatic carbocycles. The molecule has 0 unspecified atom stereocenters. The Bertz CT molecular complexity index is 259. The Morgan fingerprint density at radius 2 is 1.94 bits per heavy atom. The van der Waals surface area contributed by atoms with Crippen LogP contribution < -0.4 is 11.1 Å². The van der Waals surface area contributed by atoms with Crippen molar-refractivity contribution in [2.75, 3.05) is 13.2 Å². The normalized spacial score (nSPS) is 24.9. The maximum Gasteiger partial charge on any atom is 0.223 e. The highest BCUT2D eigenvalue weighted by Crippen LogP contribution is 2.24. The lowest BCUT2D eigenvalue weighted by Crippen LogP contribution is -2.40. The van der Waals surface area contributed by atoms with Crippen molar-refractivity contribution in [3.63, 3.8) is 0 Å². The van der Waals surface area contributed by atoms with Gasteiger partial charge in [-0.25, -0.2) is 0 Å². The zero-order valence-electron chi connectivity index (χ0n) is 11.7. The van der Waals surface area contributed by atoms with Crippen molar-refractivity contribution in [3.05, 3.63) is 0 Å². The van der Waals surface area contributed by atoms with Gasteiger partial charge in [0.15, 0.2) is 0 Å². The van der Waals surface area contributed by atoms with Gasteiger partial charge < -0.3 is 16.2 Å². The summed E-state index contributed by atoms with van der Waals surface area (Å²) < 4.78 is 0. The van der Waals surface area contributed by atoms with Gasteiger partial charge in [0.25, 0.3) is 0 Å². The first-order valence-corrected chi connectivity index (χ1v) is 7.09. The zero-order chi connectivity index (χ0) is 13.6. The maximum absolute atomic E-state index is 12.0. The monoisotopic (exact) mass is 256 g/mol. The highest BCUT2D eigenvalue weighted by atomic mass is 16.2. The summed E-state index contributed by atoms with van der Waals surface area (Å²) >= 11 is 0. The molecule has 1 amide bonds. The summed E-state index contributed by atoms with van der Waals surface area (Å²) in [5.41, 5.74) is 5.90. The first-order chi connectivity index (χ1) is 8.44. The predicted molar refractivity (Wildman–Crippen MR) is 73.0 cm³/mol. The summed E-state index contributed by atoms with van der Waals surface area (Å²) in [6.07, 6.45) is 5.49. The van der Waals surface area contributed by atoms with Crippen LogP contribution >= 0.6 is 0 Å². The molecule has 0 aromatic rings. The van der Waals surface area contributed by atoms with Crippen LogP contribution in [-0.4, -0.2) is 30.2 Å². The maximum atomic E-state index is 12.0. The van der Waals surface area contributed by atoms with Crippen LogP contribution in [0.1, 0.15) is 52.4 Å². The summed E-state index contributed by atoms with van der Waals surface area (Å²) in [7, 11) is 0. The Morgan fingerprint density at radius 3 is 2.50 bits per heavy atom. The molecule has 18 heavy (non-hydrogen) atoms. The van der Waals surface area contributed by atoms with Gasteiger partial charge in [-0.1, -0.05) is 13.8 Å². The van der Waals surface area contributed by atoms with Crippen LogP contribution in [0.2, 0.25) is 0 Å². The van der Waals surface area contributed by atoms with E-state index in [4.69, 9.17) is 10.8 Å². The third-order valence-corrected chi connectivity index (χ3v) is 3.90. The fourth-order valence-corrected chi connectivity index (χ4v) is 2.50. The second-order valence-electron chi connectivity index (χ2n) is 6.32. The lowest BCUT2D eigenvalue weighted by Gasteiger charge is -2.28. The average molecular weight is 256 g/mol. The second kappa shape index (κ2) is 7.10. The number of aliphatic hydroxyl groups is 1. The molecule has 1 aliphatic carbocycles. The number of nitrogens with one attached hydrogen (secondary N) is 1. The van der Waals surface area contributed by atoms with E-state index in [9.17, 15) is 4.79 Å². The fourth-order valence-electron chi connectivity index (χ4n) is 2.50. The summed E-state index contributed by atoms with van der Waals surface area (Å²) in [5, 5.41) is 11.9. The van der Waals surface area contributed by atoms with Gasteiger partial charge in [0.05, 0.1) is 0 Å². The minimum Gasteiger partial charge on any atom is -0.396 e. The molecule has 0 aromatic heterocycles. The van der Waals surface area contributed by atoms with Crippen molar-refractivity contribution >= 4 is 5.91 Å². The first kappa shape index (κ1) is 15.4. The molecule has 4 heteroatoms. The number of carbonyl (C=O) groups excluding carboxylic acids is 1. The third kappa shape index (κ3) is 5.36. The number of amides is 1. The van der Waals surface area contributed by atoms with Gasteiger partial charge in [-0.3, -0.25) is 4.79 Å². The largest absolute Gasteiger partial charge is 0.396 e. The summed E-state index contributed by atoms with van der Waals surface area (Å²) in [5.74, 6) is 0.331.